The van der Waals surface area contributed by atoms with Crippen molar-refractivity contribution < 1.29 is 13.9 Å². The van der Waals surface area contributed by atoms with E-state index in [9.17, 15) is 9.18 Å². The number of thioether (sulfide) groups is 1. The number of ether oxygens (including phenoxy) is 1. The van der Waals surface area contributed by atoms with Crippen LogP contribution in [0.5, 0.6) is 5.75 Å². The molecular formula is C25H22ClFN4O2S. The van der Waals surface area contributed by atoms with Gasteiger partial charge in [0.1, 0.15) is 11.6 Å². The Kier molecular flexibility index (Phi) is 7.82. The lowest BCUT2D eigenvalue weighted by atomic mass is 10.1. The monoisotopic (exact) mass is 496 g/mol. The summed E-state index contributed by atoms with van der Waals surface area (Å²) in [4.78, 5) is 12.5. The number of hydrogen-bond donors (Lipinski definition) is 1. The van der Waals surface area contributed by atoms with Crippen molar-refractivity contribution in [3.05, 3.63) is 89.2 Å². The van der Waals surface area contributed by atoms with Crippen LogP contribution in [0.1, 0.15) is 5.56 Å². The molecular weight excluding hydrogens is 475 g/mol. The highest BCUT2D eigenvalue weighted by Crippen LogP contribution is 2.27. The molecule has 0 atom stereocenters. The van der Waals surface area contributed by atoms with E-state index in [4.69, 9.17) is 16.3 Å². The quantitative estimate of drug-likeness (QED) is 0.300. The Hall–Kier alpha value is -3.36. The first kappa shape index (κ1) is 23.8. The standard InChI is InChI=1S/C25H22ClFN4O2S/c1-33-20-10-7-18(8-11-20)24-29-30-25(31(24)14-13-17-5-3-2-4-6-17)34-16-23(32)28-22-12-9-19(26)15-21(22)27/h2-12,15H,13-14,16H2,1H3,(H,28,32). The molecule has 0 fully saturated rings. The molecule has 0 aliphatic rings. The number of hydrogen-bond acceptors (Lipinski definition) is 5. The van der Waals surface area contributed by atoms with Crippen molar-refractivity contribution in [2.24, 2.45) is 0 Å². The molecule has 9 heteroatoms. The number of benzene rings is 3. The lowest BCUT2D eigenvalue weighted by Gasteiger charge is -2.11. The van der Waals surface area contributed by atoms with Crippen LogP contribution in [-0.2, 0) is 17.8 Å². The summed E-state index contributed by atoms with van der Waals surface area (Å²) in [6.07, 6.45) is 0.776. The molecule has 3 aromatic carbocycles. The second-order valence-corrected chi connectivity index (χ2v) is 8.76. The van der Waals surface area contributed by atoms with Crippen molar-refractivity contribution in [2.75, 3.05) is 18.2 Å². The summed E-state index contributed by atoms with van der Waals surface area (Å²) >= 11 is 7.02. The van der Waals surface area contributed by atoms with E-state index in [2.05, 4.69) is 27.6 Å². The molecule has 174 valence electrons. The van der Waals surface area contributed by atoms with E-state index < -0.39 is 5.82 Å². The van der Waals surface area contributed by atoms with Gasteiger partial charge in [0.25, 0.3) is 0 Å². The van der Waals surface area contributed by atoms with Gasteiger partial charge in [-0.3, -0.25) is 4.79 Å². The van der Waals surface area contributed by atoms with Gasteiger partial charge in [-0.15, -0.1) is 10.2 Å². The molecule has 0 unspecified atom stereocenters. The van der Waals surface area contributed by atoms with Crippen LogP contribution in [0.25, 0.3) is 11.4 Å². The first-order valence-electron chi connectivity index (χ1n) is 10.5. The van der Waals surface area contributed by atoms with E-state index in [-0.39, 0.29) is 22.4 Å². The fraction of sp³-hybridized carbons (Fsp3) is 0.160. The molecule has 0 radical (unpaired) electrons. The third-order valence-electron chi connectivity index (χ3n) is 5.07. The summed E-state index contributed by atoms with van der Waals surface area (Å²) in [5.41, 5.74) is 2.16. The number of nitrogens with zero attached hydrogens (tertiary/aromatic N) is 3. The molecule has 0 aliphatic carbocycles. The van der Waals surface area contributed by atoms with Gasteiger partial charge in [0, 0.05) is 17.1 Å². The van der Waals surface area contributed by atoms with Crippen LogP contribution in [0.15, 0.2) is 78.0 Å². The van der Waals surface area contributed by atoms with E-state index >= 15 is 0 Å². The third-order valence-corrected chi connectivity index (χ3v) is 6.27. The average Bonchev–Trinajstić information content (AvgIpc) is 3.26. The number of methoxy groups -OCH3 is 1. The van der Waals surface area contributed by atoms with Crippen molar-refractivity contribution in [3.63, 3.8) is 0 Å². The Bertz CT molecular complexity index is 1270. The predicted octanol–water partition coefficient (Wildman–Crippen LogP) is 5.72. The number of carbonyl (C=O) groups is 1. The van der Waals surface area contributed by atoms with E-state index in [0.717, 1.165) is 23.8 Å². The summed E-state index contributed by atoms with van der Waals surface area (Å²) < 4.78 is 21.2. The number of anilines is 1. The van der Waals surface area contributed by atoms with Gasteiger partial charge < -0.3 is 14.6 Å². The molecule has 1 aromatic heterocycles. The van der Waals surface area contributed by atoms with Crippen LogP contribution in [0, 0.1) is 5.82 Å². The number of rotatable bonds is 9. The molecule has 4 rings (SSSR count). The highest BCUT2D eigenvalue weighted by Gasteiger charge is 2.17. The average molecular weight is 497 g/mol. The molecule has 0 bridgehead atoms. The van der Waals surface area contributed by atoms with Gasteiger partial charge in [0.2, 0.25) is 5.91 Å². The molecule has 0 saturated heterocycles. The van der Waals surface area contributed by atoms with Gasteiger partial charge in [-0.2, -0.15) is 0 Å². The van der Waals surface area contributed by atoms with E-state index in [1.54, 1.807) is 7.11 Å². The fourth-order valence-electron chi connectivity index (χ4n) is 3.34. The van der Waals surface area contributed by atoms with Crippen LogP contribution < -0.4 is 10.1 Å². The van der Waals surface area contributed by atoms with Crippen molar-refractivity contribution >= 4 is 35.0 Å². The molecule has 0 saturated carbocycles. The molecule has 0 spiro atoms. The smallest absolute Gasteiger partial charge is 0.234 e. The van der Waals surface area contributed by atoms with Crippen LogP contribution in [0.2, 0.25) is 5.02 Å². The zero-order valence-electron chi connectivity index (χ0n) is 18.4. The molecule has 1 heterocycles. The van der Waals surface area contributed by atoms with Crippen LogP contribution in [-0.4, -0.2) is 33.5 Å². The minimum Gasteiger partial charge on any atom is -0.497 e. The minimum absolute atomic E-state index is 0.0498. The maximum absolute atomic E-state index is 14.0. The van der Waals surface area contributed by atoms with Gasteiger partial charge in [-0.05, 0) is 54.4 Å². The van der Waals surface area contributed by atoms with E-state index in [1.807, 2.05) is 47.0 Å². The topological polar surface area (TPSA) is 69.0 Å². The Labute approximate surface area is 206 Å². The second-order valence-electron chi connectivity index (χ2n) is 7.38. The van der Waals surface area contributed by atoms with Crippen molar-refractivity contribution in [3.8, 4) is 17.1 Å². The number of halogens is 2. The zero-order chi connectivity index (χ0) is 23.9. The minimum atomic E-state index is -0.585. The first-order chi connectivity index (χ1) is 16.5. The maximum Gasteiger partial charge on any atom is 0.234 e. The first-order valence-corrected chi connectivity index (χ1v) is 11.9. The molecule has 0 aliphatic heterocycles. The van der Waals surface area contributed by atoms with Crippen LogP contribution in [0.3, 0.4) is 0 Å². The van der Waals surface area contributed by atoms with Crippen molar-refractivity contribution in [1.29, 1.82) is 0 Å². The molecule has 6 nitrogen and oxygen atoms in total. The number of aromatic nitrogens is 3. The summed E-state index contributed by atoms with van der Waals surface area (Å²) in [6.45, 7) is 0.633. The second kappa shape index (κ2) is 11.2. The lowest BCUT2D eigenvalue weighted by molar-refractivity contribution is -0.113. The third kappa shape index (κ3) is 5.95. The van der Waals surface area contributed by atoms with Gasteiger partial charge in [-0.25, -0.2) is 4.39 Å². The number of carbonyl (C=O) groups excluding carboxylic acids is 1. The number of amides is 1. The van der Waals surface area contributed by atoms with Gasteiger partial charge in [0.05, 0.1) is 18.6 Å². The van der Waals surface area contributed by atoms with Crippen LogP contribution >= 0.6 is 23.4 Å². The van der Waals surface area contributed by atoms with Gasteiger partial charge in [-0.1, -0.05) is 53.7 Å². The summed E-state index contributed by atoms with van der Waals surface area (Å²) in [5.74, 6) is 0.562. The van der Waals surface area contributed by atoms with E-state index in [1.165, 1.54) is 29.5 Å². The molecule has 4 aromatic rings. The van der Waals surface area contributed by atoms with E-state index in [0.29, 0.717) is 17.5 Å². The maximum atomic E-state index is 14.0. The predicted molar refractivity (Wildman–Crippen MR) is 133 cm³/mol. The zero-order valence-corrected chi connectivity index (χ0v) is 19.9. The normalized spacial score (nSPS) is 10.8. The Morgan fingerprint density at radius 3 is 2.56 bits per heavy atom. The Balaban J connectivity index is 1.51. The Morgan fingerprint density at radius 1 is 1.09 bits per heavy atom. The summed E-state index contributed by atoms with van der Waals surface area (Å²) in [6, 6.07) is 21.8. The SMILES string of the molecule is COc1ccc(-c2nnc(SCC(=O)Nc3ccc(Cl)cc3F)n2CCc2ccccc2)cc1. The highest BCUT2D eigenvalue weighted by atomic mass is 35.5. The summed E-state index contributed by atoms with van der Waals surface area (Å²) in [5, 5.41) is 12.2. The van der Waals surface area contributed by atoms with Crippen LogP contribution in [0.4, 0.5) is 10.1 Å². The Morgan fingerprint density at radius 2 is 1.85 bits per heavy atom. The van der Waals surface area contributed by atoms with Crippen molar-refractivity contribution in [2.45, 2.75) is 18.1 Å². The van der Waals surface area contributed by atoms with Crippen molar-refractivity contribution in [1.82, 2.24) is 14.8 Å². The lowest BCUT2D eigenvalue weighted by Crippen LogP contribution is -2.16. The molecule has 1 amide bonds. The fourth-order valence-corrected chi connectivity index (χ4v) is 4.27. The number of nitrogens with one attached hydrogen (secondary N) is 1. The summed E-state index contributed by atoms with van der Waals surface area (Å²) in [7, 11) is 1.62. The number of aryl methyl sites for hydroxylation is 1. The highest BCUT2D eigenvalue weighted by molar-refractivity contribution is 7.99. The molecule has 1 N–H and O–H groups in total. The largest absolute Gasteiger partial charge is 0.497 e. The van der Waals surface area contributed by atoms with Gasteiger partial charge in [0.15, 0.2) is 11.0 Å². The van der Waals surface area contributed by atoms with Gasteiger partial charge >= 0.3 is 0 Å². The molecule has 34 heavy (non-hydrogen) atoms.